The minimum Gasteiger partial charge on any atom is -0.349 e. The van der Waals surface area contributed by atoms with Gasteiger partial charge in [0, 0.05) is 16.5 Å². The first-order valence-corrected chi connectivity index (χ1v) is 7.75. The van der Waals surface area contributed by atoms with Crippen LogP contribution < -0.4 is 5.32 Å². The molecular weight excluding hydrogens is 254 g/mol. The maximum Gasteiger partial charge on any atom is 0.251 e. The molecule has 0 radical (unpaired) electrons. The molecule has 2 nitrogen and oxygen atoms in total. The van der Waals surface area contributed by atoms with Crippen molar-refractivity contribution in [3.63, 3.8) is 0 Å². The first-order valence-electron chi connectivity index (χ1n) is 7.30. The lowest BCUT2D eigenvalue weighted by molar-refractivity contribution is 0.0911. The third-order valence-electron chi connectivity index (χ3n) is 4.08. The average Bonchev–Trinajstić information content (AvgIpc) is 2.45. The third kappa shape index (κ3) is 4.00. The zero-order chi connectivity index (χ0) is 13.7. The molecule has 104 valence electrons. The molecule has 0 heterocycles. The van der Waals surface area contributed by atoms with Gasteiger partial charge in [-0.1, -0.05) is 32.3 Å². The monoisotopic (exact) mass is 277 g/mol. The van der Waals surface area contributed by atoms with Crippen LogP contribution in [0.4, 0.5) is 0 Å². The van der Waals surface area contributed by atoms with Gasteiger partial charge >= 0.3 is 0 Å². The molecule has 2 rings (SSSR count). The van der Waals surface area contributed by atoms with Gasteiger partial charge in [0.15, 0.2) is 0 Å². The van der Waals surface area contributed by atoms with Crippen molar-refractivity contribution in [3.05, 3.63) is 29.8 Å². The number of thiol groups is 1. The molecule has 1 aliphatic rings. The second-order valence-electron chi connectivity index (χ2n) is 5.44. The Morgan fingerprint density at radius 2 is 2.11 bits per heavy atom. The van der Waals surface area contributed by atoms with Crippen molar-refractivity contribution < 1.29 is 4.79 Å². The quantitative estimate of drug-likeness (QED) is 0.798. The molecule has 1 aromatic rings. The molecule has 1 N–H and O–H groups in total. The van der Waals surface area contributed by atoms with E-state index in [0.717, 1.165) is 11.3 Å². The number of amides is 1. The van der Waals surface area contributed by atoms with E-state index in [0.29, 0.717) is 17.5 Å². The molecule has 0 saturated heterocycles. The first-order chi connectivity index (χ1) is 9.20. The van der Waals surface area contributed by atoms with E-state index in [1.54, 1.807) is 0 Å². The molecule has 1 saturated carbocycles. The van der Waals surface area contributed by atoms with Crippen molar-refractivity contribution in [2.45, 2.75) is 56.4 Å². The van der Waals surface area contributed by atoms with Gasteiger partial charge in [0.1, 0.15) is 0 Å². The summed E-state index contributed by atoms with van der Waals surface area (Å²) in [7, 11) is 0. The summed E-state index contributed by atoms with van der Waals surface area (Å²) in [6.07, 6.45) is 7.49. The Labute approximate surface area is 121 Å². The van der Waals surface area contributed by atoms with Crippen LogP contribution in [-0.2, 0) is 0 Å². The smallest absolute Gasteiger partial charge is 0.251 e. The van der Waals surface area contributed by atoms with Gasteiger partial charge < -0.3 is 5.32 Å². The fraction of sp³-hybridized carbons (Fsp3) is 0.562. The number of hydrogen-bond donors (Lipinski definition) is 2. The molecule has 0 aliphatic heterocycles. The second-order valence-corrected chi connectivity index (χ2v) is 5.95. The molecule has 19 heavy (non-hydrogen) atoms. The minimum atomic E-state index is 0.0355. The Bertz CT molecular complexity index is 427. The predicted octanol–water partition coefficient (Wildman–Crippen LogP) is 4.06. The van der Waals surface area contributed by atoms with Gasteiger partial charge in [-0.3, -0.25) is 4.79 Å². The van der Waals surface area contributed by atoms with E-state index in [1.807, 2.05) is 24.3 Å². The Kier molecular flexibility index (Phi) is 5.32. The topological polar surface area (TPSA) is 29.1 Å². The summed E-state index contributed by atoms with van der Waals surface area (Å²) < 4.78 is 0. The molecule has 0 spiro atoms. The van der Waals surface area contributed by atoms with E-state index in [4.69, 9.17) is 0 Å². The van der Waals surface area contributed by atoms with Gasteiger partial charge in [-0.15, -0.1) is 12.6 Å². The molecule has 1 unspecified atom stereocenters. The van der Waals surface area contributed by atoms with Crippen LogP contribution in [0.15, 0.2) is 29.2 Å². The van der Waals surface area contributed by atoms with Gasteiger partial charge in [0.2, 0.25) is 0 Å². The molecular formula is C16H23NOS. The lowest BCUT2D eigenvalue weighted by atomic mass is 9.83. The number of nitrogens with one attached hydrogen (secondary N) is 1. The number of hydrogen-bond acceptors (Lipinski definition) is 2. The highest BCUT2D eigenvalue weighted by molar-refractivity contribution is 7.80. The summed E-state index contributed by atoms with van der Waals surface area (Å²) in [4.78, 5) is 13.1. The molecule has 0 aromatic heterocycles. The summed E-state index contributed by atoms with van der Waals surface area (Å²) in [6, 6.07) is 7.75. The van der Waals surface area contributed by atoms with Crippen LogP contribution in [0.5, 0.6) is 0 Å². The summed E-state index contributed by atoms with van der Waals surface area (Å²) >= 11 is 4.28. The number of carbonyl (C=O) groups is 1. The van der Waals surface area contributed by atoms with Crippen LogP contribution in [0.1, 0.15) is 55.8 Å². The molecule has 3 heteroatoms. The largest absolute Gasteiger partial charge is 0.349 e. The fourth-order valence-electron chi connectivity index (χ4n) is 2.99. The SMILES string of the molecule is CCC(NC(=O)c1cccc(S)c1)C1CCCCC1. The Hall–Kier alpha value is -0.960. The Balaban J connectivity index is 1.99. The highest BCUT2D eigenvalue weighted by atomic mass is 32.1. The Morgan fingerprint density at radius 1 is 1.37 bits per heavy atom. The lowest BCUT2D eigenvalue weighted by Gasteiger charge is -2.30. The molecule has 0 bridgehead atoms. The number of rotatable bonds is 4. The van der Waals surface area contributed by atoms with Crippen LogP contribution in [0, 0.1) is 5.92 Å². The zero-order valence-corrected chi connectivity index (χ0v) is 12.5. The minimum absolute atomic E-state index is 0.0355. The van der Waals surface area contributed by atoms with E-state index >= 15 is 0 Å². The molecule has 1 atom stereocenters. The average molecular weight is 277 g/mol. The normalized spacial score (nSPS) is 18.0. The maximum atomic E-state index is 12.3. The maximum absolute atomic E-state index is 12.3. The third-order valence-corrected chi connectivity index (χ3v) is 4.36. The first kappa shape index (κ1) is 14.4. The highest BCUT2D eigenvalue weighted by Gasteiger charge is 2.23. The van der Waals surface area contributed by atoms with E-state index in [2.05, 4.69) is 24.9 Å². The van der Waals surface area contributed by atoms with E-state index in [9.17, 15) is 4.79 Å². The zero-order valence-electron chi connectivity index (χ0n) is 11.6. The fourth-order valence-corrected chi connectivity index (χ4v) is 3.21. The molecule has 1 fully saturated rings. The number of benzene rings is 1. The van der Waals surface area contributed by atoms with Crippen LogP contribution in [0.25, 0.3) is 0 Å². The van der Waals surface area contributed by atoms with Crippen LogP contribution >= 0.6 is 12.6 Å². The van der Waals surface area contributed by atoms with Crippen molar-refractivity contribution in [1.82, 2.24) is 5.32 Å². The van der Waals surface area contributed by atoms with Crippen LogP contribution in [-0.4, -0.2) is 11.9 Å². The van der Waals surface area contributed by atoms with Gasteiger partial charge in [0.25, 0.3) is 5.91 Å². The van der Waals surface area contributed by atoms with Gasteiger partial charge in [-0.2, -0.15) is 0 Å². The lowest BCUT2D eigenvalue weighted by Crippen LogP contribution is -2.40. The molecule has 1 amide bonds. The van der Waals surface area contributed by atoms with Gasteiger partial charge in [0.05, 0.1) is 0 Å². The summed E-state index contributed by atoms with van der Waals surface area (Å²) in [5.74, 6) is 0.690. The summed E-state index contributed by atoms with van der Waals surface area (Å²) in [5, 5.41) is 3.21. The van der Waals surface area contributed by atoms with E-state index in [1.165, 1.54) is 32.1 Å². The van der Waals surface area contributed by atoms with Gasteiger partial charge in [-0.05, 0) is 43.4 Å². The predicted molar refractivity (Wildman–Crippen MR) is 81.8 cm³/mol. The van der Waals surface area contributed by atoms with Crippen molar-refractivity contribution in [3.8, 4) is 0 Å². The van der Waals surface area contributed by atoms with Gasteiger partial charge in [-0.25, -0.2) is 0 Å². The van der Waals surface area contributed by atoms with Crippen molar-refractivity contribution in [2.75, 3.05) is 0 Å². The second kappa shape index (κ2) is 6.99. The van der Waals surface area contributed by atoms with E-state index < -0.39 is 0 Å². The van der Waals surface area contributed by atoms with Crippen molar-refractivity contribution >= 4 is 18.5 Å². The summed E-state index contributed by atoms with van der Waals surface area (Å²) in [6.45, 7) is 2.16. The van der Waals surface area contributed by atoms with Crippen molar-refractivity contribution in [1.29, 1.82) is 0 Å². The van der Waals surface area contributed by atoms with Crippen LogP contribution in [0.3, 0.4) is 0 Å². The standard InChI is InChI=1S/C16H23NOS/c1-2-15(12-7-4-3-5-8-12)17-16(18)13-9-6-10-14(19)11-13/h6,9-12,15,19H,2-5,7-8H2,1H3,(H,17,18). The van der Waals surface area contributed by atoms with Crippen molar-refractivity contribution in [2.24, 2.45) is 5.92 Å². The van der Waals surface area contributed by atoms with E-state index in [-0.39, 0.29) is 5.91 Å². The Morgan fingerprint density at radius 3 is 2.74 bits per heavy atom. The van der Waals surface area contributed by atoms with Crippen LogP contribution in [0.2, 0.25) is 0 Å². The highest BCUT2D eigenvalue weighted by Crippen LogP contribution is 2.27. The molecule has 1 aromatic carbocycles. The summed E-state index contributed by atoms with van der Waals surface area (Å²) in [5.41, 5.74) is 0.710. The number of carbonyl (C=O) groups excluding carboxylic acids is 1. The molecule has 1 aliphatic carbocycles.